The van der Waals surface area contributed by atoms with Crippen LogP contribution in [0.1, 0.15) is 59.9 Å². The molecular weight excluding hydrogens is 450 g/mol. The van der Waals surface area contributed by atoms with E-state index in [1.54, 1.807) is 0 Å². The van der Waals surface area contributed by atoms with Crippen molar-refractivity contribution in [1.82, 2.24) is 9.80 Å². The normalized spacial score (nSPS) is 17.3. The number of nitrogens with zero attached hydrogens (tertiary/aromatic N) is 3. The Labute approximate surface area is 216 Å². The van der Waals surface area contributed by atoms with Gasteiger partial charge in [-0.05, 0) is 69.1 Å². The molecule has 2 aromatic rings. The molecule has 2 unspecified atom stereocenters. The highest BCUT2D eigenvalue weighted by molar-refractivity contribution is 6.03. The van der Waals surface area contributed by atoms with Crippen molar-refractivity contribution < 1.29 is 14.7 Å². The SMILES string of the molecule is CCC(Cc1ccc(C=O)cc1)(C(=O)c1ccc(N2CCN(CC(O)CC(C)C)CC2)cc1)N(C)C. The quantitative estimate of drug-likeness (QED) is 0.354. The summed E-state index contributed by atoms with van der Waals surface area (Å²) < 4.78 is 0. The Balaban J connectivity index is 1.67. The summed E-state index contributed by atoms with van der Waals surface area (Å²) in [6, 6.07) is 15.5. The van der Waals surface area contributed by atoms with Crippen LogP contribution in [0.5, 0.6) is 0 Å². The fourth-order valence-corrected chi connectivity index (χ4v) is 5.29. The Morgan fingerprint density at radius 1 is 1.03 bits per heavy atom. The first-order valence-electron chi connectivity index (χ1n) is 13.2. The lowest BCUT2D eigenvalue weighted by atomic mass is 9.80. The van der Waals surface area contributed by atoms with Crippen LogP contribution in [0, 0.1) is 5.92 Å². The molecule has 6 nitrogen and oxygen atoms in total. The van der Waals surface area contributed by atoms with Crippen molar-refractivity contribution in [2.45, 2.75) is 51.7 Å². The van der Waals surface area contributed by atoms with Gasteiger partial charge in [0.2, 0.25) is 0 Å². The van der Waals surface area contributed by atoms with Crippen molar-refractivity contribution in [3.63, 3.8) is 0 Å². The van der Waals surface area contributed by atoms with Crippen LogP contribution in [-0.2, 0) is 6.42 Å². The molecular formula is C30H43N3O3. The number of anilines is 1. The summed E-state index contributed by atoms with van der Waals surface area (Å²) in [6.45, 7) is 10.8. The Hall–Kier alpha value is -2.54. The molecule has 1 aliphatic rings. The van der Waals surface area contributed by atoms with E-state index in [0.29, 0.717) is 29.9 Å². The van der Waals surface area contributed by atoms with Crippen LogP contribution in [-0.4, -0.2) is 85.4 Å². The van der Waals surface area contributed by atoms with Crippen molar-refractivity contribution in [2.75, 3.05) is 51.7 Å². The maximum Gasteiger partial charge on any atom is 0.183 e. The van der Waals surface area contributed by atoms with Crippen molar-refractivity contribution >= 4 is 17.8 Å². The fourth-order valence-electron chi connectivity index (χ4n) is 5.29. The number of aldehydes is 1. The van der Waals surface area contributed by atoms with Crippen LogP contribution in [0.4, 0.5) is 5.69 Å². The second kappa shape index (κ2) is 12.6. The van der Waals surface area contributed by atoms with Gasteiger partial charge in [-0.1, -0.05) is 45.0 Å². The third-order valence-electron chi connectivity index (χ3n) is 7.56. The number of likely N-dealkylation sites (N-methyl/N-ethyl adjacent to an activating group) is 1. The van der Waals surface area contributed by atoms with Gasteiger partial charge >= 0.3 is 0 Å². The molecule has 0 spiro atoms. The number of carbonyl (C=O) groups is 2. The van der Waals surface area contributed by atoms with Gasteiger partial charge in [-0.15, -0.1) is 0 Å². The number of benzene rings is 2. The molecule has 0 aliphatic carbocycles. The average molecular weight is 494 g/mol. The van der Waals surface area contributed by atoms with Gasteiger partial charge < -0.3 is 10.0 Å². The smallest absolute Gasteiger partial charge is 0.183 e. The Bertz CT molecular complexity index is 980. The minimum absolute atomic E-state index is 0.116. The molecule has 2 atom stereocenters. The lowest BCUT2D eigenvalue weighted by Crippen LogP contribution is -2.52. The number of hydrogen-bond acceptors (Lipinski definition) is 6. The number of aliphatic hydroxyl groups excluding tert-OH is 1. The van der Waals surface area contributed by atoms with Gasteiger partial charge in [0.25, 0.3) is 0 Å². The van der Waals surface area contributed by atoms with Gasteiger partial charge in [-0.2, -0.15) is 0 Å². The van der Waals surface area contributed by atoms with Crippen molar-refractivity contribution in [3.05, 3.63) is 65.2 Å². The lowest BCUT2D eigenvalue weighted by molar-refractivity contribution is 0.0666. The van der Waals surface area contributed by atoms with Gasteiger partial charge in [0.15, 0.2) is 5.78 Å². The third kappa shape index (κ3) is 6.81. The van der Waals surface area contributed by atoms with Gasteiger partial charge in [0.1, 0.15) is 6.29 Å². The van der Waals surface area contributed by atoms with Crippen molar-refractivity contribution in [2.24, 2.45) is 5.92 Å². The van der Waals surface area contributed by atoms with Crippen LogP contribution in [0.3, 0.4) is 0 Å². The number of carbonyl (C=O) groups excluding carboxylic acids is 2. The number of rotatable bonds is 12. The molecule has 2 aromatic carbocycles. The molecule has 1 heterocycles. The van der Waals surface area contributed by atoms with Crippen LogP contribution < -0.4 is 4.90 Å². The summed E-state index contributed by atoms with van der Waals surface area (Å²) in [5.74, 6) is 0.620. The average Bonchev–Trinajstić information content (AvgIpc) is 2.87. The first-order chi connectivity index (χ1) is 17.2. The largest absolute Gasteiger partial charge is 0.392 e. The maximum atomic E-state index is 13.8. The summed E-state index contributed by atoms with van der Waals surface area (Å²) in [7, 11) is 3.93. The minimum Gasteiger partial charge on any atom is -0.392 e. The van der Waals surface area contributed by atoms with Gasteiger partial charge in [-0.3, -0.25) is 19.4 Å². The van der Waals surface area contributed by atoms with Gasteiger partial charge in [0, 0.05) is 49.5 Å². The summed E-state index contributed by atoms with van der Waals surface area (Å²) in [5.41, 5.74) is 2.87. The van der Waals surface area contributed by atoms with E-state index in [-0.39, 0.29) is 11.9 Å². The molecule has 0 bridgehead atoms. The molecule has 0 saturated carbocycles. The Morgan fingerprint density at radius 2 is 1.64 bits per heavy atom. The van der Waals surface area contributed by atoms with E-state index >= 15 is 0 Å². The zero-order valence-electron chi connectivity index (χ0n) is 22.6. The molecule has 6 heteroatoms. The molecule has 0 amide bonds. The van der Waals surface area contributed by atoms with Crippen molar-refractivity contribution in [1.29, 1.82) is 0 Å². The zero-order valence-corrected chi connectivity index (χ0v) is 22.6. The van der Waals surface area contributed by atoms with E-state index < -0.39 is 5.54 Å². The van der Waals surface area contributed by atoms with Gasteiger partial charge in [0.05, 0.1) is 11.6 Å². The topological polar surface area (TPSA) is 64.1 Å². The second-order valence-electron chi connectivity index (χ2n) is 10.8. The van der Waals surface area contributed by atoms with Gasteiger partial charge in [-0.25, -0.2) is 0 Å². The van der Waals surface area contributed by atoms with E-state index in [1.165, 1.54) is 0 Å². The Kier molecular flexibility index (Phi) is 9.83. The van der Waals surface area contributed by atoms with E-state index in [1.807, 2.05) is 55.4 Å². The second-order valence-corrected chi connectivity index (χ2v) is 10.8. The van der Waals surface area contributed by atoms with E-state index in [9.17, 15) is 14.7 Å². The number of aliphatic hydroxyl groups is 1. The molecule has 0 radical (unpaired) electrons. The molecule has 1 saturated heterocycles. The number of β-amino-alcohol motifs (C(OH)–C–C–N with tert-alkyl or cyclic N) is 1. The molecule has 1 N–H and O–H groups in total. The monoisotopic (exact) mass is 493 g/mol. The highest BCUT2D eigenvalue weighted by Gasteiger charge is 2.39. The standard InChI is InChI=1S/C30H43N3O3/c1-6-30(31(4)5,20-24-7-9-25(22-34)10-8-24)29(36)26-11-13-27(14-12-26)33-17-15-32(16-18-33)21-28(35)19-23(2)3/h7-14,22-23,28,35H,6,15-21H2,1-5H3. The van der Waals surface area contributed by atoms with Crippen LogP contribution in [0.25, 0.3) is 0 Å². The van der Waals surface area contributed by atoms with E-state index in [4.69, 9.17) is 0 Å². The zero-order chi connectivity index (χ0) is 26.3. The van der Waals surface area contributed by atoms with Crippen LogP contribution in [0.2, 0.25) is 0 Å². The highest BCUT2D eigenvalue weighted by Crippen LogP contribution is 2.29. The van der Waals surface area contributed by atoms with E-state index in [0.717, 1.165) is 56.7 Å². The summed E-state index contributed by atoms with van der Waals surface area (Å²) >= 11 is 0. The third-order valence-corrected chi connectivity index (χ3v) is 7.56. The summed E-state index contributed by atoms with van der Waals surface area (Å²) in [6.07, 6.45) is 2.68. The Morgan fingerprint density at radius 3 is 2.14 bits per heavy atom. The molecule has 36 heavy (non-hydrogen) atoms. The van der Waals surface area contributed by atoms with Crippen LogP contribution >= 0.6 is 0 Å². The lowest BCUT2D eigenvalue weighted by Gasteiger charge is -2.39. The molecule has 0 aromatic heterocycles. The summed E-state index contributed by atoms with van der Waals surface area (Å²) in [4.78, 5) is 31.6. The van der Waals surface area contributed by atoms with Crippen LogP contribution in [0.15, 0.2) is 48.5 Å². The number of piperazine rings is 1. The fraction of sp³-hybridized carbons (Fsp3) is 0.533. The molecule has 1 fully saturated rings. The highest BCUT2D eigenvalue weighted by atomic mass is 16.3. The number of Topliss-reactive ketones (excluding diaryl/α,β-unsaturated/α-hetero) is 1. The first-order valence-corrected chi connectivity index (χ1v) is 13.2. The summed E-state index contributed by atoms with van der Waals surface area (Å²) in [5, 5.41) is 10.3. The number of ketones is 1. The number of hydrogen-bond donors (Lipinski definition) is 1. The van der Waals surface area contributed by atoms with Crippen molar-refractivity contribution in [3.8, 4) is 0 Å². The molecule has 196 valence electrons. The first kappa shape index (κ1) is 28.0. The predicted octanol–water partition coefficient (Wildman–Crippen LogP) is 4.16. The van der Waals surface area contributed by atoms with E-state index in [2.05, 4.69) is 42.7 Å². The predicted molar refractivity (Wildman–Crippen MR) is 147 cm³/mol. The minimum atomic E-state index is -0.660. The maximum absolute atomic E-state index is 13.8. The molecule has 3 rings (SSSR count). The molecule has 1 aliphatic heterocycles.